The molecule has 2 rings (SSSR count). The van der Waals surface area contributed by atoms with Gasteiger partial charge in [0.15, 0.2) is 0 Å². The zero-order chi connectivity index (χ0) is 13.8. The number of carbonyl (C=O) groups excluding carboxylic acids is 1. The highest BCUT2D eigenvalue weighted by Gasteiger charge is 2.20. The highest BCUT2D eigenvalue weighted by atomic mass is 16.3. The lowest BCUT2D eigenvalue weighted by Crippen LogP contribution is -2.42. The van der Waals surface area contributed by atoms with E-state index in [0.717, 1.165) is 36.2 Å². The van der Waals surface area contributed by atoms with Gasteiger partial charge in [-0.15, -0.1) is 0 Å². The zero-order valence-corrected chi connectivity index (χ0v) is 11.6. The maximum absolute atomic E-state index is 12.1. The van der Waals surface area contributed by atoms with Gasteiger partial charge in [0.25, 0.3) is 0 Å². The molecule has 2 N–H and O–H groups in total. The molecule has 1 aliphatic heterocycles. The maximum Gasteiger partial charge on any atom is 0.238 e. The fourth-order valence-electron chi connectivity index (χ4n) is 2.57. The lowest BCUT2D eigenvalue weighted by Gasteiger charge is -2.29. The number of anilines is 1. The first-order valence-corrected chi connectivity index (χ1v) is 6.83. The average Bonchev–Trinajstić information content (AvgIpc) is 2.34. The van der Waals surface area contributed by atoms with E-state index >= 15 is 0 Å². The van der Waals surface area contributed by atoms with Gasteiger partial charge in [0.2, 0.25) is 5.91 Å². The summed E-state index contributed by atoms with van der Waals surface area (Å²) >= 11 is 0. The number of β-amino-alcohol motifs (C(OH)–C–C–N with tert-alkyl or cyclic N) is 1. The number of benzene rings is 1. The quantitative estimate of drug-likeness (QED) is 0.871. The number of likely N-dealkylation sites (tertiary alicyclic amines) is 1. The highest BCUT2D eigenvalue weighted by molar-refractivity contribution is 5.93. The summed E-state index contributed by atoms with van der Waals surface area (Å²) in [5.41, 5.74) is 3.06. The van der Waals surface area contributed by atoms with Crippen molar-refractivity contribution in [2.75, 3.05) is 25.0 Å². The molecule has 0 aromatic heterocycles. The number of hydrogen-bond donors (Lipinski definition) is 2. The first-order chi connectivity index (χ1) is 9.06. The van der Waals surface area contributed by atoms with Crippen molar-refractivity contribution in [3.8, 4) is 0 Å². The number of aliphatic hydroxyl groups is 1. The second-order valence-corrected chi connectivity index (χ2v) is 5.35. The van der Waals surface area contributed by atoms with Crippen molar-refractivity contribution in [1.29, 1.82) is 0 Å². The van der Waals surface area contributed by atoms with Gasteiger partial charge in [0, 0.05) is 12.2 Å². The fourth-order valence-corrected chi connectivity index (χ4v) is 2.57. The Morgan fingerprint density at radius 3 is 2.74 bits per heavy atom. The number of nitrogens with one attached hydrogen (secondary N) is 1. The van der Waals surface area contributed by atoms with E-state index in [4.69, 9.17) is 0 Å². The lowest BCUT2D eigenvalue weighted by atomic mass is 10.1. The van der Waals surface area contributed by atoms with Gasteiger partial charge in [-0.1, -0.05) is 18.2 Å². The van der Waals surface area contributed by atoms with E-state index < -0.39 is 0 Å². The predicted molar refractivity (Wildman–Crippen MR) is 76.2 cm³/mol. The number of piperidine rings is 1. The summed E-state index contributed by atoms with van der Waals surface area (Å²) in [6.07, 6.45) is 1.51. The van der Waals surface area contributed by atoms with Crippen molar-refractivity contribution in [1.82, 2.24) is 4.90 Å². The van der Waals surface area contributed by atoms with Crippen LogP contribution in [0.25, 0.3) is 0 Å². The van der Waals surface area contributed by atoms with E-state index in [2.05, 4.69) is 5.32 Å². The van der Waals surface area contributed by atoms with Gasteiger partial charge < -0.3 is 10.4 Å². The average molecular weight is 262 g/mol. The monoisotopic (exact) mass is 262 g/mol. The molecule has 1 atom stereocenters. The molecule has 1 aromatic rings. The van der Waals surface area contributed by atoms with Crippen LogP contribution in [0.3, 0.4) is 0 Å². The van der Waals surface area contributed by atoms with E-state index in [1.54, 1.807) is 0 Å². The smallest absolute Gasteiger partial charge is 0.238 e. The van der Waals surface area contributed by atoms with Gasteiger partial charge in [0.05, 0.1) is 12.6 Å². The third-order valence-electron chi connectivity index (χ3n) is 3.59. The summed E-state index contributed by atoms with van der Waals surface area (Å²) in [5.74, 6) is -0.00787. The number of amides is 1. The van der Waals surface area contributed by atoms with Gasteiger partial charge in [-0.05, 0) is 44.4 Å². The molecule has 1 aromatic carbocycles. The minimum atomic E-state index is -0.290. The Hall–Kier alpha value is -1.39. The second kappa shape index (κ2) is 6.17. The molecule has 1 aliphatic rings. The van der Waals surface area contributed by atoms with Gasteiger partial charge in [0.1, 0.15) is 0 Å². The van der Waals surface area contributed by atoms with E-state index in [1.807, 2.05) is 36.9 Å². The van der Waals surface area contributed by atoms with Crippen molar-refractivity contribution in [2.24, 2.45) is 0 Å². The van der Waals surface area contributed by atoms with Crippen molar-refractivity contribution < 1.29 is 9.90 Å². The standard InChI is InChI=1S/C15H22N2O2/c1-11-5-3-6-12(2)15(11)16-14(19)10-17-8-4-7-13(18)9-17/h3,5-6,13,18H,4,7-10H2,1-2H3,(H,16,19)/t13-/m0/s1. The molecule has 0 bridgehead atoms. The van der Waals surface area contributed by atoms with E-state index in [-0.39, 0.29) is 12.0 Å². The molecular formula is C15H22N2O2. The number of hydrogen-bond acceptors (Lipinski definition) is 3. The van der Waals surface area contributed by atoms with Crippen LogP contribution >= 0.6 is 0 Å². The van der Waals surface area contributed by atoms with Gasteiger partial charge in [-0.25, -0.2) is 0 Å². The Balaban J connectivity index is 1.94. The van der Waals surface area contributed by atoms with Crippen LogP contribution in [-0.2, 0) is 4.79 Å². The number of rotatable bonds is 3. The minimum absolute atomic E-state index is 0.00787. The number of para-hydroxylation sites is 1. The summed E-state index contributed by atoms with van der Waals surface area (Å²) < 4.78 is 0. The maximum atomic E-state index is 12.1. The van der Waals surface area contributed by atoms with E-state index in [9.17, 15) is 9.90 Å². The molecule has 1 fully saturated rings. The molecule has 0 radical (unpaired) electrons. The predicted octanol–water partition coefficient (Wildman–Crippen LogP) is 1.70. The van der Waals surface area contributed by atoms with Gasteiger partial charge in [-0.2, -0.15) is 0 Å². The Labute approximate surface area is 114 Å². The molecule has 4 heteroatoms. The Morgan fingerprint density at radius 1 is 1.42 bits per heavy atom. The summed E-state index contributed by atoms with van der Waals surface area (Å²) in [6, 6.07) is 5.97. The highest BCUT2D eigenvalue weighted by Crippen LogP contribution is 2.19. The fraction of sp³-hybridized carbons (Fsp3) is 0.533. The summed E-state index contributed by atoms with van der Waals surface area (Å²) in [7, 11) is 0. The van der Waals surface area contributed by atoms with Crippen molar-refractivity contribution >= 4 is 11.6 Å². The molecular weight excluding hydrogens is 240 g/mol. The zero-order valence-electron chi connectivity index (χ0n) is 11.6. The molecule has 1 amide bonds. The molecule has 0 aliphatic carbocycles. The van der Waals surface area contributed by atoms with Crippen LogP contribution < -0.4 is 5.32 Å². The third-order valence-corrected chi connectivity index (χ3v) is 3.59. The van der Waals surface area contributed by atoms with Crippen LogP contribution in [-0.4, -0.2) is 41.7 Å². The lowest BCUT2D eigenvalue weighted by molar-refractivity contribution is -0.118. The summed E-state index contributed by atoms with van der Waals surface area (Å²) in [5, 5.41) is 12.6. The summed E-state index contributed by atoms with van der Waals surface area (Å²) in [6.45, 7) is 5.82. The SMILES string of the molecule is Cc1cccc(C)c1NC(=O)CN1CCC[C@H](O)C1. The first kappa shape index (κ1) is 14.0. The topological polar surface area (TPSA) is 52.6 Å². The summed E-state index contributed by atoms with van der Waals surface area (Å²) in [4.78, 5) is 14.1. The first-order valence-electron chi connectivity index (χ1n) is 6.83. The number of carbonyl (C=O) groups is 1. The van der Waals surface area contributed by atoms with Crippen LogP contribution in [0.5, 0.6) is 0 Å². The number of nitrogens with zero attached hydrogens (tertiary/aromatic N) is 1. The third kappa shape index (κ3) is 3.78. The van der Waals surface area contributed by atoms with Crippen LogP contribution in [0, 0.1) is 13.8 Å². The minimum Gasteiger partial charge on any atom is -0.392 e. The van der Waals surface area contributed by atoms with Gasteiger partial charge in [-0.3, -0.25) is 9.69 Å². The Bertz CT molecular complexity index is 439. The molecule has 4 nitrogen and oxygen atoms in total. The van der Waals surface area contributed by atoms with Crippen LogP contribution in [0.4, 0.5) is 5.69 Å². The molecule has 0 saturated carbocycles. The normalized spacial score (nSPS) is 20.3. The van der Waals surface area contributed by atoms with Crippen molar-refractivity contribution in [2.45, 2.75) is 32.8 Å². The van der Waals surface area contributed by atoms with E-state index in [0.29, 0.717) is 13.1 Å². The Kier molecular flexibility index (Phi) is 4.56. The van der Waals surface area contributed by atoms with Crippen molar-refractivity contribution in [3.63, 3.8) is 0 Å². The van der Waals surface area contributed by atoms with Crippen molar-refractivity contribution in [3.05, 3.63) is 29.3 Å². The van der Waals surface area contributed by atoms with E-state index in [1.165, 1.54) is 0 Å². The Morgan fingerprint density at radius 2 is 2.11 bits per heavy atom. The number of aryl methyl sites for hydroxylation is 2. The van der Waals surface area contributed by atoms with Crippen LogP contribution in [0.1, 0.15) is 24.0 Å². The van der Waals surface area contributed by atoms with Crippen LogP contribution in [0.15, 0.2) is 18.2 Å². The van der Waals surface area contributed by atoms with Gasteiger partial charge >= 0.3 is 0 Å². The van der Waals surface area contributed by atoms with Crippen LogP contribution in [0.2, 0.25) is 0 Å². The molecule has 1 saturated heterocycles. The second-order valence-electron chi connectivity index (χ2n) is 5.35. The molecule has 0 spiro atoms. The largest absolute Gasteiger partial charge is 0.392 e. The molecule has 1 heterocycles. The molecule has 104 valence electrons. The molecule has 0 unspecified atom stereocenters. The number of aliphatic hydroxyl groups excluding tert-OH is 1. The molecule has 19 heavy (non-hydrogen) atoms.